The third-order valence-corrected chi connectivity index (χ3v) is 3.83. The third kappa shape index (κ3) is 5.09. The van der Waals surface area contributed by atoms with Crippen molar-refractivity contribution in [3.63, 3.8) is 0 Å². The molecule has 1 N–H and O–H groups in total. The largest absolute Gasteiger partial charge is 0.489 e. The minimum Gasteiger partial charge on any atom is -0.489 e. The van der Waals surface area contributed by atoms with Gasteiger partial charge < -0.3 is 19.3 Å². The van der Waals surface area contributed by atoms with Gasteiger partial charge in [-0.25, -0.2) is 4.98 Å². The standard InChI is InChI=1S/C21H23N3O4/c1-13(2)26-18-9-10-21(22-12-18)27-17-7-5-16(6-8-17)19-11-20(28-24-19)14(3)23-15(4)25/h5-14H,1-4H3,(H,23,25). The monoisotopic (exact) mass is 381 g/mol. The Labute approximate surface area is 163 Å². The fourth-order valence-electron chi connectivity index (χ4n) is 2.59. The van der Waals surface area contributed by atoms with E-state index in [1.54, 1.807) is 12.3 Å². The van der Waals surface area contributed by atoms with Crippen LogP contribution < -0.4 is 14.8 Å². The topological polar surface area (TPSA) is 86.5 Å². The minimum atomic E-state index is -0.241. The summed E-state index contributed by atoms with van der Waals surface area (Å²) in [6.07, 6.45) is 1.73. The zero-order valence-corrected chi connectivity index (χ0v) is 16.3. The molecule has 0 aliphatic heterocycles. The Kier molecular flexibility index (Phi) is 5.93. The van der Waals surface area contributed by atoms with E-state index in [0.29, 0.717) is 28.8 Å². The Balaban J connectivity index is 1.65. The first-order valence-corrected chi connectivity index (χ1v) is 9.05. The lowest BCUT2D eigenvalue weighted by atomic mass is 10.1. The molecule has 146 valence electrons. The number of nitrogens with one attached hydrogen (secondary N) is 1. The van der Waals surface area contributed by atoms with Gasteiger partial charge in [0.25, 0.3) is 0 Å². The number of aromatic nitrogens is 2. The molecule has 3 rings (SSSR count). The second kappa shape index (κ2) is 8.56. The van der Waals surface area contributed by atoms with Crippen LogP contribution in [0.2, 0.25) is 0 Å². The van der Waals surface area contributed by atoms with E-state index in [2.05, 4.69) is 15.5 Å². The van der Waals surface area contributed by atoms with Crippen LogP contribution in [-0.2, 0) is 4.79 Å². The van der Waals surface area contributed by atoms with E-state index in [1.165, 1.54) is 6.92 Å². The van der Waals surface area contributed by atoms with Crippen molar-refractivity contribution < 1.29 is 18.8 Å². The Bertz CT molecular complexity index is 918. The molecule has 7 nitrogen and oxygen atoms in total. The first-order valence-electron chi connectivity index (χ1n) is 9.05. The number of carbonyl (C=O) groups is 1. The van der Waals surface area contributed by atoms with Crippen LogP contribution in [0.3, 0.4) is 0 Å². The summed E-state index contributed by atoms with van der Waals surface area (Å²) in [5.74, 6) is 2.32. The molecule has 1 unspecified atom stereocenters. The Hall–Kier alpha value is -3.35. The summed E-state index contributed by atoms with van der Waals surface area (Å²) in [5, 5.41) is 6.83. The maximum absolute atomic E-state index is 11.2. The van der Waals surface area contributed by atoms with Gasteiger partial charge >= 0.3 is 0 Å². The molecule has 28 heavy (non-hydrogen) atoms. The zero-order chi connectivity index (χ0) is 20.1. The van der Waals surface area contributed by atoms with Crippen molar-refractivity contribution in [2.75, 3.05) is 0 Å². The van der Waals surface area contributed by atoms with Gasteiger partial charge in [-0.05, 0) is 51.1 Å². The van der Waals surface area contributed by atoms with Gasteiger partial charge in [-0.15, -0.1) is 0 Å². The van der Waals surface area contributed by atoms with Gasteiger partial charge in [-0.2, -0.15) is 0 Å². The molecule has 0 radical (unpaired) electrons. The molecule has 0 saturated heterocycles. The number of ether oxygens (including phenoxy) is 2. The summed E-state index contributed by atoms with van der Waals surface area (Å²) in [6.45, 7) is 7.23. The molecule has 1 aromatic carbocycles. The molecule has 0 aliphatic rings. The highest BCUT2D eigenvalue weighted by Crippen LogP contribution is 2.27. The van der Waals surface area contributed by atoms with E-state index in [4.69, 9.17) is 14.0 Å². The highest BCUT2D eigenvalue weighted by molar-refractivity contribution is 5.73. The summed E-state index contributed by atoms with van der Waals surface area (Å²) in [4.78, 5) is 15.4. The van der Waals surface area contributed by atoms with E-state index in [9.17, 15) is 4.79 Å². The number of hydrogen-bond donors (Lipinski definition) is 1. The fourth-order valence-corrected chi connectivity index (χ4v) is 2.59. The normalized spacial score (nSPS) is 11.9. The van der Waals surface area contributed by atoms with E-state index in [1.807, 2.05) is 57.2 Å². The van der Waals surface area contributed by atoms with Gasteiger partial charge in [0.15, 0.2) is 5.76 Å². The predicted molar refractivity (Wildman–Crippen MR) is 104 cm³/mol. The summed E-state index contributed by atoms with van der Waals surface area (Å²) < 4.78 is 16.7. The summed E-state index contributed by atoms with van der Waals surface area (Å²) in [6, 6.07) is 12.6. The van der Waals surface area contributed by atoms with Gasteiger partial charge in [0.1, 0.15) is 17.2 Å². The Morgan fingerprint density at radius 1 is 1.07 bits per heavy atom. The molecule has 2 heterocycles. The molecule has 2 aromatic heterocycles. The molecular formula is C21H23N3O4. The van der Waals surface area contributed by atoms with Gasteiger partial charge in [-0.1, -0.05) is 5.16 Å². The maximum Gasteiger partial charge on any atom is 0.219 e. The summed E-state index contributed by atoms with van der Waals surface area (Å²) >= 11 is 0. The fraction of sp³-hybridized carbons (Fsp3) is 0.286. The number of rotatable bonds is 7. The van der Waals surface area contributed by atoms with Gasteiger partial charge in [0, 0.05) is 24.6 Å². The lowest BCUT2D eigenvalue weighted by molar-refractivity contribution is -0.119. The van der Waals surface area contributed by atoms with Gasteiger partial charge in [0.05, 0.1) is 18.3 Å². The van der Waals surface area contributed by atoms with Crippen molar-refractivity contribution in [1.29, 1.82) is 0 Å². The minimum absolute atomic E-state index is 0.0967. The number of amides is 1. The summed E-state index contributed by atoms with van der Waals surface area (Å²) in [5.41, 5.74) is 1.57. The molecule has 3 aromatic rings. The van der Waals surface area contributed by atoms with E-state index in [-0.39, 0.29) is 18.1 Å². The number of carbonyl (C=O) groups excluding carboxylic acids is 1. The van der Waals surface area contributed by atoms with E-state index >= 15 is 0 Å². The van der Waals surface area contributed by atoms with Crippen molar-refractivity contribution in [3.05, 3.63) is 54.4 Å². The van der Waals surface area contributed by atoms with Gasteiger partial charge in [-0.3, -0.25) is 4.79 Å². The van der Waals surface area contributed by atoms with Crippen LogP contribution in [0.4, 0.5) is 0 Å². The van der Waals surface area contributed by atoms with Crippen LogP contribution >= 0.6 is 0 Å². The molecule has 1 atom stereocenters. The molecule has 0 fully saturated rings. The first kappa shape index (κ1) is 19.4. The summed E-state index contributed by atoms with van der Waals surface area (Å²) in [7, 11) is 0. The molecular weight excluding hydrogens is 358 g/mol. The lowest BCUT2D eigenvalue weighted by Crippen LogP contribution is -2.23. The number of pyridine rings is 1. The highest BCUT2D eigenvalue weighted by atomic mass is 16.5. The van der Waals surface area contributed by atoms with Crippen LogP contribution in [0, 0.1) is 0 Å². The molecule has 0 bridgehead atoms. The average molecular weight is 381 g/mol. The SMILES string of the molecule is CC(=O)NC(C)c1cc(-c2ccc(Oc3ccc(OC(C)C)cn3)cc2)no1. The van der Waals surface area contributed by atoms with Crippen LogP contribution in [0.15, 0.2) is 53.2 Å². The second-order valence-electron chi connectivity index (χ2n) is 6.66. The van der Waals surface area contributed by atoms with E-state index < -0.39 is 0 Å². The first-order chi connectivity index (χ1) is 13.4. The second-order valence-corrected chi connectivity index (χ2v) is 6.66. The lowest BCUT2D eigenvalue weighted by Gasteiger charge is -2.10. The quantitative estimate of drug-likeness (QED) is 0.648. The van der Waals surface area contributed by atoms with E-state index in [0.717, 1.165) is 5.56 Å². The molecule has 1 amide bonds. The van der Waals surface area contributed by atoms with Crippen LogP contribution in [0.1, 0.15) is 39.5 Å². The van der Waals surface area contributed by atoms with Crippen molar-refractivity contribution in [3.8, 4) is 28.6 Å². The maximum atomic E-state index is 11.2. The van der Waals surface area contributed by atoms with Crippen LogP contribution in [0.25, 0.3) is 11.3 Å². The smallest absolute Gasteiger partial charge is 0.219 e. The van der Waals surface area contributed by atoms with Crippen LogP contribution in [-0.4, -0.2) is 22.2 Å². The third-order valence-electron chi connectivity index (χ3n) is 3.83. The molecule has 0 saturated carbocycles. The Morgan fingerprint density at radius 3 is 2.39 bits per heavy atom. The van der Waals surface area contributed by atoms with Crippen molar-refractivity contribution in [2.45, 2.75) is 39.8 Å². The zero-order valence-electron chi connectivity index (χ0n) is 16.3. The molecule has 0 spiro atoms. The van der Waals surface area contributed by atoms with Crippen LogP contribution in [0.5, 0.6) is 17.4 Å². The van der Waals surface area contributed by atoms with Gasteiger partial charge in [0.2, 0.25) is 11.8 Å². The highest BCUT2D eigenvalue weighted by Gasteiger charge is 2.14. The number of hydrogen-bond acceptors (Lipinski definition) is 6. The number of benzene rings is 1. The molecule has 0 aliphatic carbocycles. The Morgan fingerprint density at radius 2 is 1.79 bits per heavy atom. The average Bonchev–Trinajstić information content (AvgIpc) is 3.13. The number of nitrogens with zero attached hydrogens (tertiary/aromatic N) is 2. The van der Waals surface area contributed by atoms with Crippen molar-refractivity contribution in [1.82, 2.24) is 15.5 Å². The van der Waals surface area contributed by atoms with Crippen molar-refractivity contribution >= 4 is 5.91 Å². The molecule has 7 heteroatoms. The van der Waals surface area contributed by atoms with Crippen molar-refractivity contribution in [2.24, 2.45) is 0 Å². The predicted octanol–water partition coefficient (Wildman–Crippen LogP) is 4.51.